The first kappa shape index (κ1) is 17.5. The van der Waals surface area contributed by atoms with Gasteiger partial charge >= 0.3 is 11.9 Å². The van der Waals surface area contributed by atoms with E-state index in [0.717, 1.165) is 6.07 Å². The number of nitrogens with zero attached hydrogens (tertiary/aromatic N) is 2. The molecule has 3 N–H and O–H groups in total. The molecule has 0 bridgehead atoms. The summed E-state index contributed by atoms with van der Waals surface area (Å²) in [5.41, 5.74) is 0.254. The molecule has 126 valence electrons. The first-order valence-corrected chi connectivity index (χ1v) is 8.10. The molecule has 0 amide bonds. The number of benzene rings is 1. The summed E-state index contributed by atoms with van der Waals surface area (Å²) in [7, 11) is 0. The number of phenols is 1. The van der Waals surface area contributed by atoms with Crippen LogP contribution in [-0.4, -0.2) is 45.0 Å². The van der Waals surface area contributed by atoms with Gasteiger partial charge in [0, 0.05) is 6.20 Å². The number of rotatable bonds is 6. The predicted octanol–water partition coefficient (Wildman–Crippen LogP) is 2.52. The van der Waals surface area contributed by atoms with Gasteiger partial charge in [-0.05, 0) is 31.4 Å². The van der Waals surface area contributed by atoms with E-state index in [2.05, 4.69) is 15.3 Å². The lowest BCUT2D eigenvalue weighted by molar-refractivity contribution is 0.0526. The third-order valence-electron chi connectivity index (χ3n) is 2.94. The topological polar surface area (TPSA) is 122 Å². The molecule has 1 aromatic carbocycles. The van der Waals surface area contributed by atoms with Gasteiger partial charge in [-0.25, -0.2) is 19.6 Å². The Kier molecular flexibility index (Phi) is 5.59. The van der Waals surface area contributed by atoms with Crippen LogP contribution < -0.4 is 5.32 Å². The zero-order chi connectivity index (χ0) is 17.7. The zero-order valence-corrected chi connectivity index (χ0v) is 13.8. The Morgan fingerprint density at radius 3 is 2.71 bits per heavy atom. The van der Waals surface area contributed by atoms with Crippen molar-refractivity contribution in [1.29, 1.82) is 0 Å². The van der Waals surface area contributed by atoms with E-state index in [1.54, 1.807) is 13.2 Å². The molecule has 0 aliphatic rings. The van der Waals surface area contributed by atoms with Gasteiger partial charge in [0.2, 0.25) is 0 Å². The van der Waals surface area contributed by atoms with Gasteiger partial charge in [-0.1, -0.05) is 11.8 Å². The normalized spacial score (nSPS) is 10.2. The minimum absolute atomic E-state index is 0.0591. The second-order valence-corrected chi connectivity index (χ2v) is 5.27. The highest BCUT2D eigenvalue weighted by Gasteiger charge is 2.17. The van der Waals surface area contributed by atoms with Crippen LogP contribution >= 0.6 is 11.8 Å². The van der Waals surface area contributed by atoms with Gasteiger partial charge in [0.05, 0.1) is 17.9 Å². The first-order valence-electron chi connectivity index (χ1n) is 6.87. The average Bonchev–Trinajstić information content (AvgIpc) is 2.56. The molecule has 0 aliphatic heterocycles. The molecule has 0 fully saturated rings. The number of thioether (sulfide) groups is 1. The van der Waals surface area contributed by atoms with Gasteiger partial charge in [-0.15, -0.1) is 0 Å². The summed E-state index contributed by atoms with van der Waals surface area (Å²) in [6, 6.07) is 3.81. The molecule has 2 rings (SSSR count). The SMILES string of the molecule is CCOC(=O)c1cnc(SC)nc1Nc1ccc(C(=O)O)cc1O. The number of anilines is 2. The van der Waals surface area contributed by atoms with Crippen LogP contribution in [0.5, 0.6) is 5.75 Å². The number of carbonyl (C=O) groups excluding carboxylic acids is 1. The minimum atomic E-state index is -1.16. The second kappa shape index (κ2) is 7.64. The number of aromatic carboxylic acids is 1. The lowest BCUT2D eigenvalue weighted by Gasteiger charge is -2.12. The van der Waals surface area contributed by atoms with E-state index < -0.39 is 11.9 Å². The summed E-state index contributed by atoms with van der Waals surface area (Å²) >= 11 is 1.28. The van der Waals surface area contributed by atoms with Crippen molar-refractivity contribution in [3.05, 3.63) is 35.5 Å². The summed E-state index contributed by atoms with van der Waals surface area (Å²) < 4.78 is 4.95. The molecule has 1 heterocycles. The van der Waals surface area contributed by atoms with Gasteiger partial charge in [0.15, 0.2) is 5.16 Å². The second-order valence-electron chi connectivity index (χ2n) is 4.50. The van der Waals surface area contributed by atoms with Gasteiger partial charge in [0.25, 0.3) is 0 Å². The lowest BCUT2D eigenvalue weighted by atomic mass is 10.2. The van der Waals surface area contributed by atoms with Crippen molar-refractivity contribution in [2.75, 3.05) is 18.2 Å². The highest BCUT2D eigenvalue weighted by molar-refractivity contribution is 7.98. The maximum atomic E-state index is 12.0. The van der Waals surface area contributed by atoms with E-state index in [1.165, 1.54) is 30.1 Å². The molecular formula is C15H15N3O5S. The van der Waals surface area contributed by atoms with Gasteiger partial charge < -0.3 is 20.3 Å². The number of hydrogen-bond acceptors (Lipinski definition) is 8. The molecule has 0 saturated heterocycles. The maximum Gasteiger partial charge on any atom is 0.343 e. The number of esters is 1. The average molecular weight is 349 g/mol. The summed E-state index contributed by atoms with van der Waals surface area (Å²) in [6.07, 6.45) is 3.12. The number of ether oxygens (including phenoxy) is 1. The number of phenolic OH excluding ortho intramolecular Hbond substituents is 1. The molecule has 0 aliphatic carbocycles. The molecule has 0 radical (unpaired) electrons. The Balaban J connectivity index is 2.40. The van der Waals surface area contributed by atoms with Gasteiger partial charge in [-0.3, -0.25) is 0 Å². The first-order chi connectivity index (χ1) is 11.5. The molecular weight excluding hydrogens is 334 g/mol. The molecule has 9 heteroatoms. The van der Waals surface area contributed by atoms with Gasteiger partial charge in [-0.2, -0.15) is 0 Å². The highest BCUT2D eigenvalue weighted by Crippen LogP contribution is 2.29. The fourth-order valence-corrected chi connectivity index (χ4v) is 2.16. The Bertz CT molecular complexity index is 782. The van der Waals surface area contributed by atoms with Crippen molar-refractivity contribution >= 4 is 35.2 Å². The molecule has 0 unspecified atom stereocenters. The number of carbonyl (C=O) groups is 2. The largest absolute Gasteiger partial charge is 0.506 e. The number of hydrogen-bond donors (Lipinski definition) is 3. The van der Waals surface area contributed by atoms with E-state index in [4.69, 9.17) is 9.84 Å². The van der Waals surface area contributed by atoms with Crippen molar-refractivity contribution in [1.82, 2.24) is 9.97 Å². The molecule has 0 atom stereocenters. The van der Waals surface area contributed by atoms with Crippen LogP contribution in [0.2, 0.25) is 0 Å². The van der Waals surface area contributed by atoms with Crippen molar-refractivity contribution in [3.63, 3.8) is 0 Å². The van der Waals surface area contributed by atoms with E-state index in [9.17, 15) is 14.7 Å². The van der Waals surface area contributed by atoms with Gasteiger partial charge in [0.1, 0.15) is 17.1 Å². The highest BCUT2D eigenvalue weighted by atomic mass is 32.2. The lowest BCUT2D eigenvalue weighted by Crippen LogP contribution is -2.11. The third-order valence-corrected chi connectivity index (χ3v) is 3.50. The van der Waals surface area contributed by atoms with Crippen molar-refractivity contribution in [2.45, 2.75) is 12.1 Å². The van der Waals surface area contributed by atoms with Crippen molar-refractivity contribution in [2.24, 2.45) is 0 Å². The molecule has 1 aromatic heterocycles. The van der Waals surface area contributed by atoms with E-state index in [-0.39, 0.29) is 35.0 Å². The summed E-state index contributed by atoms with van der Waals surface area (Å²) in [4.78, 5) is 31.1. The Morgan fingerprint density at radius 1 is 1.38 bits per heavy atom. The number of aromatic nitrogens is 2. The van der Waals surface area contributed by atoms with Crippen LogP contribution in [0, 0.1) is 0 Å². The third kappa shape index (κ3) is 3.93. The van der Waals surface area contributed by atoms with Crippen molar-refractivity contribution < 1.29 is 24.5 Å². The fraction of sp³-hybridized carbons (Fsp3) is 0.200. The van der Waals surface area contributed by atoms with Crippen LogP contribution in [0.15, 0.2) is 29.6 Å². The van der Waals surface area contributed by atoms with E-state index in [1.807, 2.05) is 0 Å². The van der Waals surface area contributed by atoms with Crippen LogP contribution in [-0.2, 0) is 4.74 Å². The van der Waals surface area contributed by atoms with Crippen LogP contribution in [0.4, 0.5) is 11.5 Å². The summed E-state index contributed by atoms with van der Waals surface area (Å²) in [6.45, 7) is 1.87. The van der Waals surface area contributed by atoms with Crippen LogP contribution in [0.3, 0.4) is 0 Å². The van der Waals surface area contributed by atoms with Crippen LogP contribution in [0.25, 0.3) is 0 Å². The smallest absolute Gasteiger partial charge is 0.343 e. The number of aromatic hydroxyl groups is 1. The minimum Gasteiger partial charge on any atom is -0.506 e. The molecule has 0 spiro atoms. The summed E-state index contributed by atoms with van der Waals surface area (Å²) in [5.74, 6) is -1.88. The number of nitrogens with one attached hydrogen (secondary N) is 1. The molecule has 24 heavy (non-hydrogen) atoms. The van der Waals surface area contributed by atoms with Crippen LogP contribution in [0.1, 0.15) is 27.6 Å². The number of carboxylic acids is 1. The Hall–Kier alpha value is -2.81. The molecule has 8 nitrogen and oxygen atoms in total. The van der Waals surface area contributed by atoms with E-state index in [0.29, 0.717) is 5.16 Å². The van der Waals surface area contributed by atoms with Crippen molar-refractivity contribution in [3.8, 4) is 5.75 Å². The Labute approximate surface area is 141 Å². The zero-order valence-electron chi connectivity index (χ0n) is 12.9. The Morgan fingerprint density at radius 2 is 2.12 bits per heavy atom. The standard InChI is InChI=1S/C15H15N3O5S/c1-3-23-14(22)9-7-16-15(24-2)18-12(9)17-10-5-4-8(13(20)21)6-11(10)19/h4-7,19H,3H2,1-2H3,(H,20,21)(H,16,17,18). The predicted molar refractivity (Wildman–Crippen MR) is 88.1 cm³/mol. The quantitative estimate of drug-likeness (QED) is 0.312. The molecule has 2 aromatic rings. The molecule has 0 saturated carbocycles. The van der Waals surface area contributed by atoms with E-state index >= 15 is 0 Å². The maximum absolute atomic E-state index is 12.0. The monoisotopic (exact) mass is 349 g/mol. The fourth-order valence-electron chi connectivity index (χ4n) is 1.82. The summed E-state index contributed by atoms with van der Waals surface area (Å²) in [5, 5.41) is 22.1. The number of carboxylic acid groups (broad SMARTS) is 1.